The van der Waals surface area contributed by atoms with Gasteiger partial charge in [0.25, 0.3) is 0 Å². The number of thiocarbonyl (C=S) groups is 1. The third-order valence-electron chi connectivity index (χ3n) is 3.96. The van der Waals surface area contributed by atoms with E-state index in [1.807, 2.05) is 0 Å². The SMILES string of the molecule is CCCCCC1CCC(C(=O)NNC(=S)NC)CC1. The molecule has 0 spiro atoms. The molecule has 1 aliphatic rings. The van der Waals surface area contributed by atoms with Crippen LogP contribution in [0.3, 0.4) is 0 Å². The highest BCUT2D eigenvalue weighted by molar-refractivity contribution is 7.80. The van der Waals surface area contributed by atoms with Crippen LogP contribution in [0.15, 0.2) is 0 Å². The molecule has 1 fully saturated rings. The lowest BCUT2D eigenvalue weighted by Gasteiger charge is -2.27. The van der Waals surface area contributed by atoms with Crippen LogP contribution in [0.25, 0.3) is 0 Å². The van der Waals surface area contributed by atoms with E-state index in [-0.39, 0.29) is 11.8 Å². The highest BCUT2D eigenvalue weighted by atomic mass is 32.1. The zero-order valence-electron chi connectivity index (χ0n) is 12.1. The minimum Gasteiger partial charge on any atom is -0.364 e. The standard InChI is InChI=1S/C14H27N3OS/c1-3-4-5-6-11-7-9-12(10-8-11)13(18)16-17-14(19)15-2/h11-12H,3-10H2,1-2H3,(H,16,18)(H2,15,17,19). The van der Waals surface area contributed by atoms with Gasteiger partial charge in [0.2, 0.25) is 5.91 Å². The molecule has 0 aliphatic heterocycles. The van der Waals surface area contributed by atoms with Gasteiger partial charge in [0, 0.05) is 13.0 Å². The highest BCUT2D eigenvalue weighted by Gasteiger charge is 2.25. The molecule has 0 aromatic carbocycles. The normalized spacial score (nSPS) is 22.6. The second kappa shape index (κ2) is 9.13. The molecule has 0 bridgehead atoms. The lowest BCUT2D eigenvalue weighted by Crippen LogP contribution is -2.48. The van der Waals surface area contributed by atoms with E-state index in [1.165, 1.54) is 38.5 Å². The molecule has 19 heavy (non-hydrogen) atoms. The first-order valence-electron chi connectivity index (χ1n) is 7.45. The molecule has 5 heteroatoms. The molecule has 0 aromatic heterocycles. The van der Waals surface area contributed by atoms with Crippen LogP contribution in [0.4, 0.5) is 0 Å². The molecule has 0 atom stereocenters. The van der Waals surface area contributed by atoms with Gasteiger partial charge in [0.1, 0.15) is 0 Å². The van der Waals surface area contributed by atoms with Crippen LogP contribution < -0.4 is 16.2 Å². The number of rotatable bonds is 5. The molecule has 0 radical (unpaired) electrons. The van der Waals surface area contributed by atoms with Crippen molar-refractivity contribution in [3.05, 3.63) is 0 Å². The maximum absolute atomic E-state index is 11.9. The molecule has 0 unspecified atom stereocenters. The Kier molecular flexibility index (Phi) is 7.79. The molecule has 0 aromatic rings. The summed E-state index contributed by atoms with van der Waals surface area (Å²) in [5.41, 5.74) is 5.38. The van der Waals surface area contributed by atoms with Crippen molar-refractivity contribution in [2.45, 2.75) is 58.3 Å². The predicted molar refractivity (Wildman–Crippen MR) is 82.5 cm³/mol. The maximum Gasteiger partial charge on any atom is 0.241 e. The molecule has 1 amide bonds. The summed E-state index contributed by atoms with van der Waals surface area (Å²) in [7, 11) is 1.73. The zero-order valence-corrected chi connectivity index (χ0v) is 12.9. The van der Waals surface area contributed by atoms with Gasteiger partial charge >= 0.3 is 0 Å². The first kappa shape index (κ1) is 16.2. The van der Waals surface area contributed by atoms with E-state index in [0.29, 0.717) is 5.11 Å². The lowest BCUT2D eigenvalue weighted by molar-refractivity contribution is -0.126. The maximum atomic E-state index is 11.9. The Morgan fingerprint density at radius 2 is 1.84 bits per heavy atom. The zero-order chi connectivity index (χ0) is 14.1. The van der Waals surface area contributed by atoms with E-state index in [9.17, 15) is 4.79 Å². The van der Waals surface area contributed by atoms with E-state index >= 15 is 0 Å². The largest absolute Gasteiger partial charge is 0.364 e. The van der Waals surface area contributed by atoms with Crippen LogP contribution >= 0.6 is 12.2 Å². The summed E-state index contributed by atoms with van der Waals surface area (Å²) in [4.78, 5) is 11.9. The minimum atomic E-state index is 0.0737. The van der Waals surface area contributed by atoms with E-state index < -0.39 is 0 Å². The van der Waals surface area contributed by atoms with Crippen molar-refractivity contribution in [2.75, 3.05) is 7.05 Å². The summed E-state index contributed by atoms with van der Waals surface area (Å²) < 4.78 is 0. The van der Waals surface area contributed by atoms with Crippen molar-refractivity contribution in [2.24, 2.45) is 11.8 Å². The Morgan fingerprint density at radius 1 is 1.16 bits per heavy atom. The van der Waals surface area contributed by atoms with Crippen LogP contribution in [0.2, 0.25) is 0 Å². The second-order valence-corrected chi connectivity index (χ2v) is 5.82. The van der Waals surface area contributed by atoms with Gasteiger partial charge in [0.15, 0.2) is 5.11 Å². The topological polar surface area (TPSA) is 53.2 Å². The fraction of sp³-hybridized carbons (Fsp3) is 0.857. The highest BCUT2D eigenvalue weighted by Crippen LogP contribution is 2.31. The Labute approximate surface area is 122 Å². The average molecular weight is 285 g/mol. The Bertz CT molecular complexity index is 288. The van der Waals surface area contributed by atoms with Gasteiger partial charge in [-0.2, -0.15) is 0 Å². The summed E-state index contributed by atoms with van der Waals surface area (Å²) in [6.45, 7) is 2.24. The summed E-state index contributed by atoms with van der Waals surface area (Å²) in [6.07, 6.45) is 9.71. The number of carbonyl (C=O) groups is 1. The molecule has 1 aliphatic carbocycles. The van der Waals surface area contributed by atoms with Gasteiger partial charge in [-0.1, -0.05) is 32.6 Å². The van der Waals surface area contributed by atoms with E-state index in [0.717, 1.165) is 18.8 Å². The van der Waals surface area contributed by atoms with Gasteiger partial charge < -0.3 is 5.32 Å². The molecule has 1 rings (SSSR count). The summed E-state index contributed by atoms with van der Waals surface area (Å²) in [6, 6.07) is 0. The third kappa shape index (κ3) is 6.23. The Balaban J connectivity index is 2.18. The van der Waals surface area contributed by atoms with Crippen LogP contribution in [-0.2, 0) is 4.79 Å². The number of amides is 1. The van der Waals surface area contributed by atoms with Crippen molar-refractivity contribution in [3.63, 3.8) is 0 Å². The van der Waals surface area contributed by atoms with Crippen LogP contribution in [0.1, 0.15) is 58.3 Å². The predicted octanol–water partition coefficient (Wildman–Crippen LogP) is 2.50. The van der Waals surface area contributed by atoms with Crippen molar-refractivity contribution < 1.29 is 4.79 Å². The fourth-order valence-corrected chi connectivity index (χ4v) is 2.73. The lowest BCUT2D eigenvalue weighted by atomic mass is 9.79. The summed E-state index contributed by atoms with van der Waals surface area (Å²) in [5.74, 6) is 1.06. The van der Waals surface area contributed by atoms with Crippen molar-refractivity contribution in [3.8, 4) is 0 Å². The molecule has 3 N–H and O–H groups in total. The van der Waals surface area contributed by atoms with Crippen LogP contribution in [-0.4, -0.2) is 18.1 Å². The number of hydrogen-bond acceptors (Lipinski definition) is 2. The molecule has 110 valence electrons. The monoisotopic (exact) mass is 285 g/mol. The Hall–Kier alpha value is -0.840. The average Bonchev–Trinajstić information content (AvgIpc) is 2.45. The van der Waals surface area contributed by atoms with Gasteiger partial charge in [-0.3, -0.25) is 15.6 Å². The second-order valence-electron chi connectivity index (χ2n) is 5.41. The molecule has 0 heterocycles. The number of carbonyl (C=O) groups excluding carboxylic acids is 1. The van der Waals surface area contributed by atoms with Crippen molar-refractivity contribution >= 4 is 23.2 Å². The molecular weight excluding hydrogens is 258 g/mol. The van der Waals surface area contributed by atoms with E-state index in [2.05, 4.69) is 23.1 Å². The van der Waals surface area contributed by atoms with Gasteiger partial charge in [0.05, 0.1) is 0 Å². The summed E-state index contributed by atoms with van der Waals surface area (Å²) in [5, 5.41) is 3.21. The van der Waals surface area contributed by atoms with Crippen molar-refractivity contribution in [1.29, 1.82) is 0 Å². The molecule has 4 nitrogen and oxygen atoms in total. The minimum absolute atomic E-state index is 0.0737. The van der Waals surface area contributed by atoms with Crippen LogP contribution in [0.5, 0.6) is 0 Å². The van der Waals surface area contributed by atoms with Gasteiger partial charge in [-0.25, -0.2) is 0 Å². The fourth-order valence-electron chi connectivity index (χ4n) is 2.68. The number of unbranched alkanes of at least 4 members (excludes halogenated alkanes) is 2. The number of nitrogens with one attached hydrogen (secondary N) is 3. The third-order valence-corrected chi connectivity index (χ3v) is 4.27. The first-order valence-corrected chi connectivity index (χ1v) is 7.85. The first-order chi connectivity index (χ1) is 9.17. The number of hydrazine groups is 1. The van der Waals surface area contributed by atoms with E-state index in [4.69, 9.17) is 12.2 Å². The van der Waals surface area contributed by atoms with Crippen molar-refractivity contribution in [1.82, 2.24) is 16.2 Å². The molecule has 1 saturated carbocycles. The number of hydrogen-bond donors (Lipinski definition) is 3. The van der Waals surface area contributed by atoms with Crippen LogP contribution in [0, 0.1) is 11.8 Å². The van der Waals surface area contributed by atoms with E-state index in [1.54, 1.807) is 7.05 Å². The van der Waals surface area contributed by atoms with Gasteiger partial charge in [-0.05, 0) is 43.8 Å². The molecular formula is C14H27N3OS. The summed E-state index contributed by atoms with van der Waals surface area (Å²) >= 11 is 4.92. The Morgan fingerprint density at radius 3 is 2.42 bits per heavy atom. The smallest absolute Gasteiger partial charge is 0.241 e. The molecule has 0 saturated heterocycles. The van der Waals surface area contributed by atoms with Gasteiger partial charge in [-0.15, -0.1) is 0 Å². The quantitative estimate of drug-likeness (QED) is 0.413.